The molecule has 0 unspecified atom stereocenters. The Morgan fingerprint density at radius 2 is 1.67 bits per heavy atom. The van der Waals surface area contributed by atoms with E-state index in [4.69, 9.17) is 0 Å². The number of benzene rings is 2. The average Bonchev–Trinajstić information content (AvgIpc) is 2.73. The third-order valence-corrected chi connectivity index (χ3v) is 6.64. The molecule has 1 aromatic heterocycles. The van der Waals surface area contributed by atoms with Crippen molar-refractivity contribution in [1.82, 2.24) is 9.97 Å². The molecule has 11 heteroatoms. The number of nitrogens with zero attached hydrogens (tertiary/aromatic N) is 3. The molecule has 0 radical (unpaired) electrons. The maximum atomic E-state index is 13.0. The number of thioether (sulfide) groups is 1. The van der Waals surface area contributed by atoms with Crippen LogP contribution >= 0.6 is 11.8 Å². The predicted molar refractivity (Wildman–Crippen MR) is 111 cm³/mol. The number of sulfonamides is 1. The standard InChI is InChI=1S/C19H17F3N4O2S2/c1-26(14-6-4-3-5-7-14)30(27,28)15-10-8-13(9-11-15)24-18-23-12-16(19(20,21)22)17(25-18)29-2/h3-12H,1-2H3,(H,23,24,25). The van der Waals surface area contributed by atoms with E-state index in [0.29, 0.717) is 11.4 Å². The summed E-state index contributed by atoms with van der Waals surface area (Å²) in [7, 11) is -2.31. The Morgan fingerprint density at radius 1 is 1.03 bits per heavy atom. The quantitative estimate of drug-likeness (QED) is 0.427. The molecule has 3 rings (SSSR count). The van der Waals surface area contributed by atoms with Crippen molar-refractivity contribution in [2.75, 3.05) is 22.9 Å². The smallest absolute Gasteiger partial charge is 0.324 e. The molecule has 1 N–H and O–H groups in total. The van der Waals surface area contributed by atoms with E-state index in [2.05, 4.69) is 15.3 Å². The van der Waals surface area contributed by atoms with Crippen LogP contribution in [0.5, 0.6) is 0 Å². The molecule has 0 atom stereocenters. The number of aromatic nitrogens is 2. The zero-order valence-electron chi connectivity index (χ0n) is 15.9. The highest BCUT2D eigenvalue weighted by Crippen LogP contribution is 2.35. The molecule has 0 aliphatic carbocycles. The monoisotopic (exact) mass is 454 g/mol. The van der Waals surface area contributed by atoms with Gasteiger partial charge in [0.25, 0.3) is 10.0 Å². The number of hydrogen-bond donors (Lipinski definition) is 1. The van der Waals surface area contributed by atoms with Gasteiger partial charge in [-0.1, -0.05) is 18.2 Å². The molecule has 0 amide bonds. The van der Waals surface area contributed by atoms with Gasteiger partial charge < -0.3 is 5.32 Å². The molecule has 158 valence electrons. The van der Waals surface area contributed by atoms with Crippen LogP contribution in [0.2, 0.25) is 0 Å². The van der Waals surface area contributed by atoms with E-state index >= 15 is 0 Å². The second kappa shape index (κ2) is 8.52. The predicted octanol–water partition coefficient (Wildman–Crippen LogP) is 4.79. The van der Waals surface area contributed by atoms with Gasteiger partial charge in [0, 0.05) is 18.9 Å². The molecular weight excluding hydrogens is 437 g/mol. The molecule has 0 spiro atoms. The molecule has 30 heavy (non-hydrogen) atoms. The molecule has 0 aliphatic heterocycles. The van der Waals surface area contributed by atoms with Gasteiger partial charge in [0.15, 0.2) is 0 Å². The molecule has 2 aromatic carbocycles. The summed E-state index contributed by atoms with van der Waals surface area (Å²) in [5.74, 6) is -0.0237. The van der Waals surface area contributed by atoms with Crippen molar-refractivity contribution in [1.29, 1.82) is 0 Å². The van der Waals surface area contributed by atoms with E-state index in [-0.39, 0.29) is 15.9 Å². The maximum Gasteiger partial charge on any atom is 0.420 e. The minimum absolute atomic E-state index is 0.0237. The van der Waals surface area contributed by atoms with Crippen LogP contribution in [0.4, 0.5) is 30.5 Å². The number of nitrogens with one attached hydrogen (secondary N) is 1. The van der Waals surface area contributed by atoms with Gasteiger partial charge in [-0.15, -0.1) is 11.8 Å². The van der Waals surface area contributed by atoms with Crippen LogP contribution in [0.1, 0.15) is 5.56 Å². The lowest BCUT2D eigenvalue weighted by molar-refractivity contribution is -0.140. The Kier molecular flexibility index (Phi) is 6.22. The van der Waals surface area contributed by atoms with Gasteiger partial charge in [0.1, 0.15) is 10.6 Å². The molecule has 0 bridgehead atoms. The number of rotatable bonds is 6. The van der Waals surface area contributed by atoms with E-state index in [1.54, 1.807) is 30.3 Å². The zero-order valence-corrected chi connectivity index (χ0v) is 17.5. The molecule has 3 aromatic rings. The molecular formula is C19H17F3N4O2S2. The van der Waals surface area contributed by atoms with Gasteiger partial charge in [-0.3, -0.25) is 4.31 Å². The van der Waals surface area contributed by atoms with Crippen LogP contribution in [0.25, 0.3) is 0 Å². The number of hydrogen-bond acceptors (Lipinski definition) is 6. The van der Waals surface area contributed by atoms with E-state index < -0.39 is 21.8 Å². The minimum atomic E-state index is -4.54. The normalized spacial score (nSPS) is 11.9. The van der Waals surface area contributed by atoms with Gasteiger partial charge >= 0.3 is 6.18 Å². The molecule has 0 aliphatic rings. The Morgan fingerprint density at radius 3 is 2.23 bits per heavy atom. The second-order valence-corrected chi connectivity index (χ2v) is 8.84. The average molecular weight is 454 g/mol. The lowest BCUT2D eigenvalue weighted by atomic mass is 10.3. The Hall–Kier alpha value is -2.79. The number of para-hydroxylation sites is 1. The molecule has 0 saturated carbocycles. The lowest BCUT2D eigenvalue weighted by Crippen LogP contribution is -2.26. The topological polar surface area (TPSA) is 75.2 Å². The van der Waals surface area contributed by atoms with Crippen molar-refractivity contribution < 1.29 is 21.6 Å². The minimum Gasteiger partial charge on any atom is -0.324 e. The largest absolute Gasteiger partial charge is 0.420 e. The summed E-state index contributed by atoms with van der Waals surface area (Å²) in [5.41, 5.74) is 0.0384. The highest BCUT2D eigenvalue weighted by Gasteiger charge is 2.35. The van der Waals surface area contributed by atoms with Crippen molar-refractivity contribution in [2.24, 2.45) is 0 Å². The Balaban J connectivity index is 1.81. The molecule has 6 nitrogen and oxygen atoms in total. The number of halogens is 3. The van der Waals surface area contributed by atoms with Gasteiger partial charge in [-0.2, -0.15) is 13.2 Å². The van der Waals surface area contributed by atoms with Crippen molar-refractivity contribution in [3.8, 4) is 0 Å². The zero-order chi connectivity index (χ0) is 21.9. The summed E-state index contributed by atoms with van der Waals surface area (Å²) in [6.45, 7) is 0. The van der Waals surface area contributed by atoms with Crippen LogP contribution in [0.3, 0.4) is 0 Å². The van der Waals surface area contributed by atoms with Crippen molar-refractivity contribution in [3.05, 3.63) is 66.4 Å². The summed E-state index contributed by atoms with van der Waals surface area (Å²) in [6.07, 6.45) is -2.34. The van der Waals surface area contributed by atoms with Gasteiger partial charge in [-0.25, -0.2) is 18.4 Å². The summed E-state index contributed by atoms with van der Waals surface area (Å²) in [6, 6.07) is 14.4. The highest BCUT2D eigenvalue weighted by molar-refractivity contribution is 7.98. The second-order valence-electron chi connectivity index (χ2n) is 6.07. The lowest BCUT2D eigenvalue weighted by Gasteiger charge is -2.19. The first kappa shape index (κ1) is 21.9. The van der Waals surface area contributed by atoms with Crippen molar-refractivity contribution in [2.45, 2.75) is 16.1 Å². The third kappa shape index (κ3) is 4.68. The van der Waals surface area contributed by atoms with E-state index in [0.717, 1.165) is 18.0 Å². The van der Waals surface area contributed by atoms with Crippen LogP contribution in [-0.2, 0) is 16.2 Å². The SMILES string of the molecule is CSc1nc(Nc2ccc(S(=O)(=O)N(C)c3ccccc3)cc2)ncc1C(F)(F)F. The summed E-state index contributed by atoms with van der Waals surface area (Å²) in [5, 5.41) is 2.58. The van der Waals surface area contributed by atoms with Crippen LogP contribution in [0, 0.1) is 0 Å². The van der Waals surface area contributed by atoms with Crippen LogP contribution < -0.4 is 9.62 Å². The van der Waals surface area contributed by atoms with Crippen molar-refractivity contribution >= 4 is 39.1 Å². The maximum absolute atomic E-state index is 13.0. The number of alkyl halides is 3. The first-order valence-electron chi connectivity index (χ1n) is 8.52. The van der Waals surface area contributed by atoms with Gasteiger partial charge in [0.2, 0.25) is 5.95 Å². The third-order valence-electron chi connectivity index (χ3n) is 4.14. The summed E-state index contributed by atoms with van der Waals surface area (Å²) in [4.78, 5) is 7.66. The fourth-order valence-electron chi connectivity index (χ4n) is 2.55. The summed E-state index contributed by atoms with van der Waals surface area (Å²) < 4.78 is 65.6. The van der Waals surface area contributed by atoms with Crippen LogP contribution in [0.15, 0.2) is 70.7 Å². The first-order valence-corrected chi connectivity index (χ1v) is 11.2. The van der Waals surface area contributed by atoms with E-state index in [1.165, 1.54) is 41.9 Å². The van der Waals surface area contributed by atoms with Gasteiger partial charge in [-0.05, 0) is 42.7 Å². The summed E-state index contributed by atoms with van der Waals surface area (Å²) >= 11 is 0.858. The fraction of sp³-hybridized carbons (Fsp3) is 0.158. The van der Waals surface area contributed by atoms with E-state index in [1.807, 2.05) is 0 Å². The highest BCUT2D eigenvalue weighted by atomic mass is 32.2. The van der Waals surface area contributed by atoms with Crippen molar-refractivity contribution in [3.63, 3.8) is 0 Å². The fourth-order valence-corrected chi connectivity index (χ4v) is 4.31. The number of anilines is 3. The molecule has 0 fully saturated rings. The van der Waals surface area contributed by atoms with Crippen LogP contribution in [-0.4, -0.2) is 31.7 Å². The van der Waals surface area contributed by atoms with E-state index in [9.17, 15) is 21.6 Å². The Labute approximate surface area is 176 Å². The molecule has 0 saturated heterocycles. The van der Waals surface area contributed by atoms with Gasteiger partial charge in [0.05, 0.1) is 10.6 Å². The first-order chi connectivity index (χ1) is 14.1. The Bertz CT molecular complexity index is 1120. The molecule has 1 heterocycles.